The molecule has 1 aromatic heterocycles. The third-order valence-corrected chi connectivity index (χ3v) is 1.99. The van der Waals surface area contributed by atoms with E-state index < -0.39 is 0 Å². The van der Waals surface area contributed by atoms with Crippen molar-refractivity contribution in [2.45, 2.75) is 26.3 Å². The molecule has 0 aliphatic heterocycles. The van der Waals surface area contributed by atoms with Crippen LogP contribution in [0.2, 0.25) is 0 Å². The lowest BCUT2D eigenvalue weighted by Crippen LogP contribution is -2.19. The zero-order valence-corrected chi connectivity index (χ0v) is 8.04. The van der Waals surface area contributed by atoms with E-state index in [-0.39, 0.29) is 0 Å². The van der Waals surface area contributed by atoms with Gasteiger partial charge in [-0.15, -0.1) is 0 Å². The molecule has 0 saturated heterocycles. The molecule has 0 aliphatic rings. The van der Waals surface area contributed by atoms with Crippen LogP contribution in [0.1, 0.15) is 31.9 Å². The number of aryl methyl sites for hydroxylation is 1. The van der Waals surface area contributed by atoms with Gasteiger partial charge in [-0.25, -0.2) is 0 Å². The first-order valence-electron chi connectivity index (χ1n) is 4.49. The second-order valence-corrected chi connectivity index (χ2v) is 2.97. The fourth-order valence-corrected chi connectivity index (χ4v) is 1.36. The standard InChI is InChI=1S/C9H17N3/c1-4-9(10-5-2)8-6-11-12(3)7-8/h6-7,9-10H,4-5H2,1-3H3. The number of hydrogen-bond donors (Lipinski definition) is 1. The lowest BCUT2D eigenvalue weighted by Gasteiger charge is -2.12. The molecule has 3 nitrogen and oxygen atoms in total. The molecule has 0 spiro atoms. The van der Waals surface area contributed by atoms with Crippen molar-refractivity contribution in [3.8, 4) is 0 Å². The maximum Gasteiger partial charge on any atom is 0.0537 e. The molecule has 0 bridgehead atoms. The van der Waals surface area contributed by atoms with Gasteiger partial charge in [0.25, 0.3) is 0 Å². The Kier molecular flexibility index (Phi) is 3.29. The van der Waals surface area contributed by atoms with Crippen molar-refractivity contribution < 1.29 is 0 Å². The van der Waals surface area contributed by atoms with Gasteiger partial charge in [0.2, 0.25) is 0 Å². The van der Waals surface area contributed by atoms with Crippen LogP contribution in [0.5, 0.6) is 0 Å². The molecular formula is C9H17N3. The van der Waals surface area contributed by atoms with Crippen LogP contribution in [0.3, 0.4) is 0 Å². The summed E-state index contributed by atoms with van der Waals surface area (Å²) >= 11 is 0. The van der Waals surface area contributed by atoms with E-state index in [0.29, 0.717) is 6.04 Å². The zero-order valence-electron chi connectivity index (χ0n) is 8.04. The number of aromatic nitrogens is 2. The van der Waals surface area contributed by atoms with Crippen molar-refractivity contribution in [3.63, 3.8) is 0 Å². The van der Waals surface area contributed by atoms with E-state index >= 15 is 0 Å². The summed E-state index contributed by atoms with van der Waals surface area (Å²) in [6.07, 6.45) is 5.10. The summed E-state index contributed by atoms with van der Waals surface area (Å²) in [6.45, 7) is 5.31. The Balaban J connectivity index is 2.66. The Hall–Kier alpha value is -0.830. The largest absolute Gasteiger partial charge is 0.310 e. The summed E-state index contributed by atoms with van der Waals surface area (Å²) in [5.41, 5.74) is 1.28. The highest BCUT2D eigenvalue weighted by atomic mass is 15.2. The van der Waals surface area contributed by atoms with E-state index in [4.69, 9.17) is 0 Å². The maximum absolute atomic E-state index is 4.14. The average molecular weight is 167 g/mol. The Morgan fingerprint density at radius 1 is 1.58 bits per heavy atom. The zero-order chi connectivity index (χ0) is 8.97. The summed E-state index contributed by atoms with van der Waals surface area (Å²) in [7, 11) is 1.95. The summed E-state index contributed by atoms with van der Waals surface area (Å²) in [4.78, 5) is 0. The lowest BCUT2D eigenvalue weighted by molar-refractivity contribution is 0.537. The van der Waals surface area contributed by atoms with Gasteiger partial charge < -0.3 is 5.32 Å². The van der Waals surface area contributed by atoms with Gasteiger partial charge in [-0.05, 0) is 13.0 Å². The van der Waals surface area contributed by atoms with Crippen LogP contribution < -0.4 is 5.32 Å². The van der Waals surface area contributed by atoms with Gasteiger partial charge in [-0.3, -0.25) is 4.68 Å². The minimum atomic E-state index is 0.462. The van der Waals surface area contributed by atoms with Crippen LogP contribution in [-0.4, -0.2) is 16.3 Å². The first-order chi connectivity index (χ1) is 5.77. The summed E-state index contributed by atoms with van der Waals surface area (Å²) in [5, 5.41) is 7.55. The summed E-state index contributed by atoms with van der Waals surface area (Å²) < 4.78 is 1.84. The predicted octanol–water partition coefficient (Wildman–Crippen LogP) is 1.48. The van der Waals surface area contributed by atoms with Gasteiger partial charge in [0, 0.05) is 24.8 Å². The predicted molar refractivity (Wildman–Crippen MR) is 49.9 cm³/mol. The fraction of sp³-hybridized carbons (Fsp3) is 0.667. The van der Waals surface area contributed by atoms with E-state index in [1.165, 1.54) is 5.56 Å². The molecule has 1 heterocycles. The molecule has 1 rings (SSSR count). The molecule has 0 aromatic carbocycles. The minimum Gasteiger partial charge on any atom is -0.310 e. The normalized spacial score (nSPS) is 13.2. The highest BCUT2D eigenvalue weighted by Gasteiger charge is 2.08. The molecular weight excluding hydrogens is 150 g/mol. The third kappa shape index (κ3) is 2.08. The molecule has 1 N–H and O–H groups in total. The van der Waals surface area contributed by atoms with E-state index in [1.807, 2.05) is 17.9 Å². The van der Waals surface area contributed by atoms with E-state index in [1.54, 1.807) is 0 Å². The van der Waals surface area contributed by atoms with Crippen molar-refractivity contribution in [1.29, 1.82) is 0 Å². The fourth-order valence-electron chi connectivity index (χ4n) is 1.36. The molecule has 0 fully saturated rings. The highest BCUT2D eigenvalue weighted by Crippen LogP contribution is 2.14. The Morgan fingerprint density at radius 3 is 2.75 bits per heavy atom. The number of nitrogens with zero attached hydrogens (tertiary/aromatic N) is 2. The molecule has 1 aromatic rings. The van der Waals surface area contributed by atoms with Gasteiger partial charge in [0.1, 0.15) is 0 Å². The Morgan fingerprint density at radius 2 is 2.33 bits per heavy atom. The van der Waals surface area contributed by atoms with Crippen LogP contribution >= 0.6 is 0 Å². The molecule has 0 amide bonds. The average Bonchev–Trinajstić information content (AvgIpc) is 2.47. The van der Waals surface area contributed by atoms with Gasteiger partial charge in [-0.1, -0.05) is 13.8 Å². The highest BCUT2D eigenvalue weighted by molar-refractivity contribution is 5.09. The monoisotopic (exact) mass is 167 g/mol. The number of hydrogen-bond acceptors (Lipinski definition) is 2. The van der Waals surface area contributed by atoms with Crippen molar-refractivity contribution in [1.82, 2.24) is 15.1 Å². The molecule has 3 heteroatoms. The van der Waals surface area contributed by atoms with Crippen molar-refractivity contribution in [2.24, 2.45) is 7.05 Å². The molecule has 1 unspecified atom stereocenters. The molecule has 0 radical (unpaired) electrons. The van der Waals surface area contributed by atoms with E-state index in [9.17, 15) is 0 Å². The number of nitrogens with one attached hydrogen (secondary N) is 1. The molecule has 1 atom stereocenters. The Labute approximate surface area is 73.8 Å². The van der Waals surface area contributed by atoms with E-state index in [2.05, 4.69) is 30.5 Å². The Bertz CT molecular complexity index is 229. The maximum atomic E-state index is 4.14. The van der Waals surface area contributed by atoms with Crippen LogP contribution in [0.4, 0.5) is 0 Å². The first kappa shape index (κ1) is 9.26. The van der Waals surface area contributed by atoms with Crippen LogP contribution in [0.15, 0.2) is 12.4 Å². The van der Waals surface area contributed by atoms with Crippen molar-refractivity contribution >= 4 is 0 Å². The van der Waals surface area contributed by atoms with Gasteiger partial charge in [-0.2, -0.15) is 5.10 Å². The van der Waals surface area contributed by atoms with Crippen molar-refractivity contribution in [2.75, 3.05) is 6.54 Å². The van der Waals surface area contributed by atoms with Gasteiger partial charge in [0.05, 0.1) is 6.20 Å². The van der Waals surface area contributed by atoms with Crippen LogP contribution in [-0.2, 0) is 7.05 Å². The van der Waals surface area contributed by atoms with E-state index in [0.717, 1.165) is 13.0 Å². The molecule has 12 heavy (non-hydrogen) atoms. The SMILES string of the molecule is CCNC(CC)c1cnn(C)c1. The summed E-state index contributed by atoms with van der Waals surface area (Å²) in [6, 6.07) is 0.462. The summed E-state index contributed by atoms with van der Waals surface area (Å²) in [5.74, 6) is 0. The topological polar surface area (TPSA) is 29.9 Å². The molecule has 68 valence electrons. The van der Waals surface area contributed by atoms with Crippen molar-refractivity contribution in [3.05, 3.63) is 18.0 Å². The van der Waals surface area contributed by atoms with Crippen LogP contribution in [0.25, 0.3) is 0 Å². The molecule has 0 saturated carbocycles. The smallest absolute Gasteiger partial charge is 0.0537 e. The second kappa shape index (κ2) is 4.26. The lowest BCUT2D eigenvalue weighted by atomic mass is 10.1. The quantitative estimate of drug-likeness (QED) is 0.736. The molecule has 0 aliphatic carbocycles. The van der Waals surface area contributed by atoms with Gasteiger partial charge in [0.15, 0.2) is 0 Å². The third-order valence-electron chi connectivity index (χ3n) is 1.99. The number of rotatable bonds is 4. The second-order valence-electron chi connectivity index (χ2n) is 2.97. The van der Waals surface area contributed by atoms with Crippen LogP contribution in [0, 0.1) is 0 Å². The minimum absolute atomic E-state index is 0.462. The first-order valence-corrected chi connectivity index (χ1v) is 4.49. The van der Waals surface area contributed by atoms with Gasteiger partial charge >= 0.3 is 0 Å².